The molecule has 1 aromatic heterocycles. The van der Waals surface area contributed by atoms with Crippen LogP contribution in [0.25, 0.3) is 0 Å². The molecule has 0 aliphatic rings. The Morgan fingerprint density at radius 1 is 1.48 bits per heavy atom. The maximum Gasteiger partial charge on any atom is 0.279 e. The molecule has 1 heterocycles. The largest absolute Gasteiger partial charge is 0.486 e. The molecule has 0 saturated carbocycles. The highest BCUT2D eigenvalue weighted by molar-refractivity contribution is 7.92. The summed E-state index contributed by atoms with van der Waals surface area (Å²) in [5.74, 6) is 0.297. The molecule has 8 nitrogen and oxygen atoms in total. The third kappa shape index (κ3) is 3.72. The van der Waals surface area contributed by atoms with Gasteiger partial charge in [0.05, 0.1) is 11.9 Å². The van der Waals surface area contributed by atoms with Crippen molar-refractivity contribution in [2.24, 2.45) is 12.8 Å². The second kappa shape index (κ2) is 5.83. The molecule has 0 radical (unpaired) electrons. The summed E-state index contributed by atoms with van der Waals surface area (Å²) >= 11 is 0. The van der Waals surface area contributed by atoms with Crippen LogP contribution in [0, 0.1) is 5.41 Å². The van der Waals surface area contributed by atoms with E-state index in [9.17, 15) is 8.42 Å². The lowest BCUT2D eigenvalue weighted by Crippen LogP contribution is -2.19. The van der Waals surface area contributed by atoms with E-state index in [1.807, 2.05) is 0 Å². The SMILES string of the molecule is Cn1nccc1S(=O)(=O)Nc1cccc(OCC(=N)N)c1. The van der Waals surface area contributed by atoms with Crippen molar-refractivity contribution in [1.82, 2.24) is 9.78 Å². The molecule has 0 amide bonds. The molecule has 2 rings (SSSR count). The van der Waals surface area contributed by atoms with Crippen molar-refractivity contribution in [3.8, 4) is 5.75 Å². The topological polar surface area (TPSA) is 123 Å². The quantitative estimate of drug-likeness (QED) is 0.530. The Morgan fingerprint density at radius 2 is 2.24 bits per heavy atom. The highest BCUT2D eigenvalue weighted by Crippen LogP contribution is 2.20. The van der Waals surface area contributed by atoms with Crippen molar-refractivity contribution in [3.05, 3.63) is 36.5 Å². The average Bonchev–Trinajstić information content (AvgIpc) is 2.83. The van der Waals surface area contributed by atoms with Gasteiger partial charge in [0.2, 0.25) is 0 Å². The second-order valence-corrected chi connectivity index (χ2v) is 5.87. The Balaban J connectivity index is 2.18. The summed E-state index contributed by atoms with van der Waals surface area (Å²) in [4.78, 5) is 0. The molecule has 0 atom stereocenters. The molecule has 9 heteroatoms. The number of amidine groups is 1. The Hall–Kier alpha value is -2.55. The first-order valence-corrected chi connectivity index (χ1v) is 7.43. The van der Waals surface area contributed by atoms with Gasteiger partial charge in [-0.15, -0.1) is 0 Å². The molecule has 2 aromatic rings. The average molecular weight is 309 g/mol. The van der Waals surface area contributed by atoms with E-state index in [1.54, 1.807) is 25.2 Å². The van der Waals surface area contributed by atoms with Crippen molar-refractivity contribution in [1.29, 1.82) is 5.41 Å². The first-order valence-electron chi connectivity index (χ1n) is 5.95. The predicted octanol–water partition coefficient (Wildman–Crippen LogP) is 0.536. The molecule has 112 valence electrons. The van der Waals surface area contributed by atoms with Gasteiger partial charge in [-0.2, -0.15) is 13.5 Å². The number of aryl methyl sites for hydroxylation is 1. The fourth-order valence-corrected chi connectivity index (χ4v) is 2.82. The van der Waals surface area contributed by atoms with E-state index >= 15 is 0 Å². The molecule has 4 N–H and O–H groups in total. The van der Waals surface area contributed by atoms with Crippen molar-refractivity contribution in [2.75, 3.05) is 11.3 Å². The van der Waals surface area contributed by atoms with Crippen molar-refractivity contribution in [3.63, 3.8) is 0 Å². The fraction of sp³-hybridized carbons (Fsp3) is 0.167. The number of benzene rings is 1. The number of anilines is 1. The number of rotatable bonds is 6. The van der Waals surface area contributed by atoms with Crippen molar-refractivity contribution >= 4 is 21.5 Å². The lowest BCUT2D eigenvalue weighted by molar-refractivity contribution is 0.374. The summed E-state index contributed by atoms with van der Waals surface area (Å²) in [5, 5.41) is 11.0. The van der Waals surface area contributed by atoms with Crippen LogP contribution in [0.3, 0.4) is 0 Å². The zero-order chi connectivity index (χ0) is 15.5. The molecule has 0 fully saturated rings. The molecular weight excluding hydrogens is 294 g/mol. The lowest BCUT2D eigenvalue weighted by Gasteiger charge is -2.10. The minimum atomic E-state index is -3.72. The molecule has 0 unspecified atom stereocenters. The molecule has 0 aliphatic heterocycles. The van der Waals surface area contributed by atoms with E-state index in [4.69, 9.17) is 15.9 Å². The highest BCUT2D eigenvalue weighted by atomic mass is 32.2. The zero-order valence-electron chi connectivity index (χ0n) is 11.3. The summed E-state index contributed by atoms with van der Waals surface area (Å²) in [5.41, 5.74) is 5.54. The van der Waals surface area contributed by atoms with E-state index in [1.165, 1.54) is 23.0 Å². The minimum absolute atomic E-state index is 0.0533. The maximum atomic E-state index is 12.2. The minimum Gasteiger partial charge on any atom is -0.486 e. The van der Waals surface area contributed by atoms with Gasteiger partial charge in [0.25, 0.3) is 10.0 Å². The van der Waals surface area contributed by atoms with Crippen LogP contribution in [0.1, 0.15) is 0 Å². The van der Waals surface area contributed by atoms with Gasteiger partial charge < -0.3 is 10.5 Å². The van der Waals surface area contributed by atoms with E-state index < -0.39 is 10.0 Å². The summed E-state index contributed by atoms with van der Waals surface area (Å²) < 4.78 is 33.3. The van der Waals surface area contributed by atoms with Crippen LogP contribution >= 0.6 is 0 Å². The Labute approximate surface area is 122 Å². The van der Waals surface area contributed by atoms with E-state index in [0.717, 1.165) is 0 Å². The van der Waals surface area contributed by atoms with Gasteiger partial charge in [-0.05, 0) is 18.2 Å². The Bertz CT molecular complexity index is 754. The van der Waals surface area contributed by atoms with Gasteiger partial charge in [0.15, 0.2) is 5.03 Å². The smallest absolute Gasteiger partial charge is 0.279 e. The first-order chi connectivity index (χ1) is 9.88. The number of hydrogen-bond donors (Lipinski definition) is 3. The Kier molecular flexibility index (Phi) is 4.13. The van der Waals surface area contributed by atoms with Gasteiger partial charge in [0, 0.05) is 13.1 Å². The summed E-state index contributed by atoms with van der Waals surface area (Å²) in [6.07, 6.45) is 1.40. The van der Waals surface area contributed by atoms with Gasteiger partial charge in [-0.3, -0.25) is 14.8 Å². The number of sulfonamides is 1. The van der Waals surface area contributed by atoms with Crippen LogP contribution < -0.4 is 15.2 Å². The second-order valence-electron chi connectivity index (χ2n) is 4.24. The predicted molar refractivity (Wildman–Crippen MR) is 77.9 cm³/mol. The van der Waals surface area contributed by atoms with Crippen LogP contribution in [-0.2, 0) is 17.1 Å². The molecule has 1 aromatic carbocycles. The molecule has 0 bridgehead atoms. The van der Waals surface area contributed by atoms with Crippen LogP contribution in [0.2, 0.25) is 0 Å². The van der Waals surface area contributed by atoms with E-state index in [-0.39, 0.29) is 17.5 Å². The van der Waals surface area contributed by atoms with Gasteiger partial charge in [0.1, 0.15) is 18.2 Å². The zero-order valence-corrected chi connectivity index (χ0v) is 12.1. The van der Waals surface area contributed by atoms with Crippen molar-refractivity contribution < 1.29 is 13.2 Å². The van der Waals surface area contributed by atoms with Crippen LogP contribution in [0.4, 0.5) is 5.69 Å². The Morgan fingerprint density at radius 3 is 2.86 bits per heavy atom. The molecule has 0 spiro atoms. The number of nitrogens with two attached hydrogens (primary N) is 1. The van der Waals surface area contributed by atoms with Crippen LogP contribution in [0.15, 0.2) is 41.6 Å². The monoisotopic (exact) mass is 309 g/mol. The van der Waals surface area contributed by atoms with Gasteiger partial charge >= 0.3 is 0 Å². The standard InChI is InChI=1S/C12H15N5O3S/c1-17-12(5-6-15-17)21(18,19)16-9-3-2-4-10(7-9)20-8-11(13)14/h2-7,16H,8H2,1H3,(H3,13,14). The lowest BCUT2D eigenvalue weighted by atomic mass is 10.3. The van der Waals surface area contributed by atoms with Crippen molar-refractivity contribution in [2.45, 2.75) is 5.03 Å². The highest BCUT2D eigenvalue weighted by Gasteiger charge is 2.18. The third-order valence-corrected chi connectivity index (χ3v) is 3.99. The van der Waals surface area contributed by atoms with Crippen LogP contribution in [0.5, 0.6) is 5.75 Å². The normalized spacial score (nSPS) is 11.1. The number of nitrogens with zero attached hydrogens (tertiary/aromatic N) is 2. The first kappa shape index (κ1) is 14.9. The van der Waals surface area contributed by atoms with E-state index in [2.05, 4.69) is 9.82 Å². The molecule has 0 aliphatic carbocycles. The molecule has 21 heavy (non-hydrogen) atoms. The maximum absolute atomic E-state index is 12.2. The summed E-state index contributed by atoms with van der Waals surface area (Å²) in [7, 11) is -2.18. The molecular formula is C12H15N5O3S. The number of nitrogens with one attached hydrogen (secondary N) is 2. The number of ether oxygens (including phenoxy) is 1. The van der Waals surface area contributed by atoms with Gasteiger partial charge in [-0.25, -0.2) is 0 Å². The van der Waals surface area contributed by atoms with Gasteiger partial charge in [-0.1, -0.05) is 6.07 Å². The summed E-state index contributed by atoms with van der Waals surface area (Å²) in [6.45, 7) is -0.0576. The molecule has 0 saturated heterocycles. The summed E-state index contributed by atoms with van der Waals surface area (Å²) in [6, 6.07) is 7.78. The number of aromatic nitrogens is 2. The van der Waals surface area contributed by atoms with Crippen LogP contribution in [-0.4, -0.2) is 30.6 Å². The third-order valence-electron chi connectivity index (χ3n) is 2.53. The fourth-order valence-electron chi connectivity index (χ4n) is 1.64. The van der Waals surface area contributed by atoms with E-state index in [0.29, 0.717) is 11.4 Å². The number of hydrogen-bond acceptors (Lipinski definition) is 5.